The Morgan fingerprint density at radius 3 is 2.26 bits per heavy atom. The van der Waals surface area contributed by atoms with E-state index in [-0.39, 0.29) is 6.04 Å². The summed E-state index contributed by atoms with van der Waals surface area (Å²) in [6, 6.07) is 22.4. The van der Waals surface area contributed by atoms with Gasteiger partial charge in [-0.15, -0.1) is 10.2 Å². The second-order valence-electron chi connectivity index (χ2n) is 6.82. The molecule has 4 aromatic rings. The molecule has 7 heteroatoms. The van der Waals surface area contributed by atoms with Gasteiger partial charge in [-0.3, -0.25) is 0 Å². The molecule has 0 saturated heterocycles. The average molecular weight is 417 g/mol. The van der Waals surface area contributed by atoms with Crippen LogP contribution >= 0.6 is 0 Å². The summed E-state index contributed by atoms with van der Waals surface area (Å²) < 4.78 is 22.5. The van der Waals surface area contributed by atoms with Crippen molar-refractivity contribution in [3.63, 3.8) is 0 Å². The van der Waals surface area contributed by atoms with Crippen molar-refractivity contribution in [1.29, 1.82) is 0 Å². The number of benzene rings is 3. The lowest BCUT2D eigenvalue weighted by Gasteiger charge is -2.15. The van der Waals surface area contributed by atoms with Crippen molar-refractivity contribution in [3.8, 4) is 34.5 Å². The first-order chi connectivity index (χ1) is 15.2. The fourth-order valence-electron chi connectivity index (χ4n) is 3.04. The van der Waals surface area contributed by atoms with E-state index in [2.05, 4.69) is 15.5 Å². The lowest BCUT2D eigenvalue weighted by molar-refractivity contribution is 0.378. The highest BCUT2D eigenvalue weighted by molar-refractivity contribution is 5.57. The number of nitrogens with one attached hydrogen (secondary N) is 1. The van der Waals surface area contributed by atoms with Gasteiger partial charge < -0.3 is 23.9 Å². The minimum Gasteiger partial charge on any atom is -0.497 e. The predicted octanol–water partition coefficient (Wildman–Crippen LogP) is 5.72. The molecule has 0 aliphatic heterocycles. The molecule has 1 heterocycles. The van der Waals surface area contributed by atoms with Gasteiger partial charge in [-0.1, -0.05) is 18.2 Å². The molecule has 0 aliphatic rings. The van der Waals surface area contributed by atoms with Gasteiger partial charge in [-0.05, 0) is 55.5 Å². The maximum Gasteiger partial charge on any atom is 0.247 e. The minimum absolute atomic E-state index is 0.202. The number of rotatable bonds is 8. The first-order valence-corrected chi connectivity index (χ1v) is 9.81. The van der Waals surface area contributed by atoms with Crippen LogP contribution in [0.3, 0.4) is 0 Å². The van der Waals surface area contributed by atoms with Gasteiger partial charge in [0, 0.05) is 17.3 Å². The summed E-state index contributed by atoms with van der Waals surface area (Å²) in [5.74, 6) is 3.63. The SMILES string of the molecule is COc1ccc(Oc2cc(NC(C)c3nnc(-c4ccccc4)o3)ccc2OC)cc1. The quantitative estimate of drug-likeness (QED) is 0.393. The van der Waals surface area contributed by atoms with Crippen LogP contribution in [-0.2, 0) is 0 Å². The number of nitrogens with zero attached hydrogens (tertiary/aromatic N) is 2. The summed E-state index contributed by atoms with van der Waals surface area (Å²) >= 11 is 0. The fraction of sp³-hybridized carbons (Fsp3) is 0.167. The van der Waals surface area contributed by atoms with Crippen molar-refractivity contribution in [2.45, 2.75) is 13.0 Å². The Kier molecular flexibility index (Phi) is 6.03. The molecule has 0 amide bonds. The molecule has 1 atom stereocenters. The molecular formula is C24H23N3O4. The molecule has 0 saturated carbocycles. The number of methoxy groups -OCH3 is 2. The van der Waals surface area contributed by atoms with E-state index in [1.807, 2.05) is 79.7 Å². The number of ether oxygens (including phenoxy) is 3. The summed E-state index contributed by atoms with van der Waals surface area (Å²) in [6.07, 6.45) is 0. The highest BCUT2D eigenvalue weighted by atomic mass is 16.5. The van der Waals surface area contributed by atoms with Crippen LogP contribution in [-0.4, -0.2) is 24.4 Å². The minimum atomic E-state index is -0.202. The Morgan fingerprint density at radius 2 is 1.55 bits per heavy atom. The molecule has 1 N–H and O–H groups in total. The van der Waals surface area contributed by atoms with Gasteiger partial charge in [0.15, 0.2) is 11.5 Å². The molecule has 0 bridgehead atoms. The Hall–Kier alpha value is -4.00. The van der Waals surface area contributed by atoms with Gasteiger partial charge in [0.25, 0.3) is 0 Å². The summed E-state index contributed by atoms with van der Waals surface area (Å²) in [5.41, 5.74) is 1.71. The largest absolute Gasteiger partial charge is 0.497 e. The number of hydrogen-bond acceptors (Lipinski definition) is 7. The summed E-state index contributed by atoms with van der Waals surface area (Å²) in [5, 5.41) is 11.7. The average Bonchev–Trinajstić information content (AvgIpc) is 3.31. The van der Waals surface area contributed by atoms with E-state index < -0.39 is 0 Å². The van der Waals surface area contributed by atoms with E-state index in [0.717, 1.165) is 17.0 Å². The molecule has 3 aromatic carbocycles. The normalized spacial score (nSPS) is 11.6. The lowest BCUT2D eigenvalue weighted by Crippen LogP contribution is -2.07. The molecule has 0 fully saturated rings. The van der Waals surface area contributed by atoms with Crippen LogP contribution in [0, 0.1) is 0 Å². The highest BCUT2D eigenvalue weighted by Crippen LogP contribution is 2.35. The topological polar surface area (TPSA) is 78.6 Å². The third kappa shape index (κ3) is 4.78. The zero-order valence-electron chi connectivity index (χ0n) is 17.5. The molecular weight excluding hydrogens is 394 g/mol. The number of aromatic nitrogens is 2. The maximum atomic E-state index is 6.02. The van der Waals surface area contributed by atoms with Gasteiger partial charge in [0.1, 0.15) is 17.5 Å². The van der Waals surface area contributed by atoms with E-state index in [1.54, 1.807) is 14.2 Å². The third-order valence-corrected chi connectivity index (χ3v) is 4.67. The molecule has 31 heavy (non-hydrogen) atoms. The second-order valence-corrected chi connectivity index (χ2v) is 6.82. The molecule has 7 nitrogen and oxygen atoms in total. The van der Waals surface area contributed by atoms with E-state index in [9.17, 15) is 0 Å². The van der Waals surface area contributed by atoms with Crippen LogP contribution in [0.2, 0.25) is 0 Å². The molecule has 1 unspecified atom stereocenters. The molecule has 4 rings (SSSR count). The molecule has 158 valence electrons. The van der Waals surface area contributed by atoms with Crippen LogP contribution in [0.1, 0.15) is 18.9 Å². The maximum absolute atomic E-state index is 6.02. The van der Waals surface area contributed by atoms with Crippen LogP contribution in [0.5, 0.6) is 23.0 Å². The Balaban J connectivity index is 1.50. The smallest absolute Gasteiger partial charge is 0.247 e. The summed E-state index contributed by atoms with van der Waals surface area (Å²) in [4.78, 5) is 0. The van der Waals surface area contributed by atoms with Crippen molar-refractivity contribution in [3.05, 3.63) is 78.7 Å². The van der Waals surface area contributed by atoms with Crippen LogP contribution in [0.25, 0.3) is 11.5 Å². The summed E-state index contributed by atoms with van der Waals surface area (Å²) in [7, 11) is 3.23. The van der Waals surface area contributed by atoms with Crippen molar-refractivity contribution in [2.24, 2.45) is 0 Å². The van der Waals surface area contributed by atoms with Crippen molar-refractivity contribution in [2.75, 3.05) is 19.5 Å². The van der Waals surface area contributed by atoms with Gasteiger partial charge in [-0.2, -0.15) is 0 Å². The van der Waals surface area contributed by atoms with Crippen LogP contribution in [0.4, 0.5) is 5.69 Å². The second kappa shape index (κ2) is 9.21. The number of anilines is 1. The first-order valence-electron chi connectivity index (χ1n) is 9.81. The van der Waals surface area contributed by atoms with E-state index in [1.165, 1.54) is 0 Å². The van der Waals surface area contributed by atoms with Gasteiger partial charge in [0.05, 0.1) is 14.2 Å². The van der Waals surface area contributed by atoms with Crippen molar-refractivity contribution < 1.29 is 18.6 Å². The fourth-order valence-corrected chi connectivity index (χ4v) is 3.04. The molecule has 0 radical (unpaired) electrons. The first kappa shape index (κ1) is 20.3. The monoisotopic (exact) mass is 417 g/mol. The predicted molar refractivity (Wildman–Crippen MR) is 118 cm³/mol. The molecule has 0 aliphatic carbocycles. The Morgan fingerprint density at radius 1 is 0.806 bits per heavy atom. The van der Waals surface area contributed by atoms with E-state index >= 15 is 0 Å². The molecule has 0 spiro atoms. The Bertz CT molecular complexity index is 1130. The molecule has 1 aromatic heterocycles. The Labute approximate surface area is 180 Å². The van der Waals surface area contributed by atoms with Crippen molar-refractivity contribution >= 4 is 5.69 Å². The lowest BCUT2D eigenvalue weighted by atomic mass is 10.2. The van der Waals surface area contributed by atoms with Gasteiger partial charge in [-0.25, -0.2) is 0 Å². The van der Waals surface area contributed by atoms with Crippen LogP contribution < -0.4 is 19.5 Å². The van der Waals surface area contributed by atoms with Crippen LogP contribution in [0.15, 0.2) is 77.2 Å². The highest BCUT2D eigenvalue weighted by Gasteiger charge is 2.16. The summed E-state index contributed by atoms with van der Waals surface area (Å²) in [6.45, 7) is 1.95. The zero-order chi connectivity index (χ0) is 21.6. The van der Waals surface area contributed by atoms with E-state index in [0.29, 0.717) is 29.0 Å². The van der Waals surface area contributed by atoms with Gasteiger partial charge in [0.2, 0.25) is 11.8 Å². The van der Waals surface area contributed by atoms with Crippen molar-refractivity contribution in [1.82, 2.24) is 10.2 Å². The standard InChI is InChI=1S/C24H23N3O4/c1-16(23-26-27-24(31-23)17-7-5-4-6-8-17)25-18-9-14-21(29-3)22(15-18)30-20-12-10-19(28-2)11-13-20/h4-16,25H,1-3H3. The van der Waals surface area contributed by atoms with E-state index in [4.69, 9.17) is 18.6 Å². The zero-order valence-corrected chi connectivity index (χ0v) is 17.5. The van der Waals surface area contributed by atoms with Gasteiger partial charge >= 0.3 is 0 Å². The number of hydrogen-bond donors (Lipinski definition) is 1. The third-order valence-electron chi connectivity index (χ3n) is 4.67.